The van der Waals surface area contributed by atoms with Gasteiger partial charge < -0.3 is 5.32 Å². The number of nitriles is 1. The summed E-state index contributed by atoms with van der Waals surface area (Å²) in [6.45, 7) is 8.67. The summed E-state index contributed by atoms with van der Waals surface area (Å²) >= 11 is 0. The molecule has 0 aliphatic rings. The lowest BCUT2D eigenvalue weighted by Crippen LogP contribution is -2.42. The van der Waals surface area contributed by atoms with Gasteiger partial charge in [0.15, 0.2) is 0 Å². The summed E-state index contributed by atoms with van der Waals surface area (Å²) in [5.41, 5.74) is 2.96. The molecule has 0 saturated carbocycles. The highest BCUT2D eigenvalue weighted by Crippen LogP contribution is 2.16. The van der Waals surface area contributed by atoms with Crippen LogP contribution in [0.15, 0.2) is 0 Å². The molecule has 0 bridgehead atoms. The number of aryl methyl sites for hydroxylation is 1. The summed E-state index contributed by atoms with van der Waals surface area (Å²) in [6.07, 6.45) is 0.987. The van der Waals surface area contributed by atoms with E-state index in [0.717, 1.165) is 17.8 Å². The molecular weight excluding hydrogens is 200 g/mol. The Morgan fingerprint density at radius 1 is 1.50 bits per heavy atom. The van der Waals surface area contributed by atoms with Crippen LogP contribution in [0.1, 0.15) is 30.8 Å². The topological polar surface area (TPSA) is 53.6 Å². The first kappa shape index (κ1) is 12.7. The number of aromatic nitrogens is 2. The van der Waals surface area contributed by atoms with Crippen molar-refractivity contribution in [2.45, 2.75) is 46.2 Å². The highest BCUT2D eigenvalue weighted by molar-refractivity contribution is 5.24. The number of nitrogens with zero attached hydrogens (tertiary/aromatic N) is 3. The smallest absolute Gasteiger partial charge is 0.123 e. The van der Waals surface area contributed by atoms with Crippen LogP contribution < -0.4 is 5.32 Å². The Labute approximate surface area is 97.3 Å². The van der Waals surface area contributed by atoms with E-state index >= 15 is 0 Å². The predicted molar refractivity (Wildman–Crippen MR) is 64.2 cm³/mol. The van der Waals surface area contributed by atoms with Gasteiger partial charge in [-0.05, 0) is 39.8 Å². The normalized spacial score (nSPS) is 14.5. The molecule has 0 fully saturated rings. The molecule has 0 radical (unpaired) electrons. The van der Waals surface area contributed by atoms with Gasteiger partial charge in [0.05, 0.1) is 18.3 Å². The van der Waals surface area contributed by atoms with Crippen molar-refractivity contribution in [1.82, 2.24) is 15.1 Å². The van der Waals surface area contributed by atoms with Crippen molar-refractivity contribution in [2.24, 2.45) is 0 Å². The van der Waals surface area contributed by atoms with Gasteiger partial charge in [0.2, 0.25) is 0 Å². The maximum Gasteiger partial charge on any atom is 0.123 e. The van der Waals surface area contributed by atoms with E-state index in [1.54, 1.807) is 7.05 Å². The molecule has 88 valence electrons. The van der Waals surface area contributed by atoms with Crippen molar-refractivity contribution >= 4 is 0 Å². The van der Waals surface area contributed by atoms with E-state index in [1.165, 1.54) is 5.56 Å². The van der Waals surface area contributed by atoms with Gasteiger partial charge in [0.1, 0.15) is 5.54 Å². The van der Waals surface area contributed by atoms with E-state index in [0.29, 0.717) is 6.54 Å². The average Bonchev–Trinajstić information content (AvgIpc) is 2.53. The molecule has 0 aliphatic carbocycles. The summed E-state index contributed by atoms with van der Waals surface area (Å²) in [5, 5.41) is 16.6. The SMILES string of the molecule is CCc1c(C)nn(CC(C)(C#N)NC)c1C. The van der Waals surface area contributed by atoms with E-state index in [1.807, 2.05) is 18.5 Å². The fourth-order valence-corrected chi connectivity index (χ4v) is 1.87. The molecule has 1 atom stereocenters. The van der Waals surface area contributed by atoms with Crippen LogP contribution in [0.3, 0.4) is 0 Å². The molecule has 0 saturated heterocycles. The minimum atomic E-state index is -0.561. The number of hydrogen-bond acceptors (Lipinski definition) is 3. The second-order valence-corrected chi connectivity index (χ2v) is 4.35. The molecule has 4 heteroatoms. The lowest BCUT2D eigenvalue weighted by atomic mass is 10.1. The van der Waals surface area contributed by atoms with Crippen molar-refractivity contribution in [1.29, 1.82) is 5.26 Å². The molecule has 0 aliphatic heterocycles. The number of nitrogens with one attached hydrogen (secondary N) is 1. The first-order chi connectivity index (χ1) is 7.47. The molecule has 16 heavy (non-hydrogen) atoms. The Morgan fingerprint density at radius 3 is 2.50 bits per heavy atom. The van der Waals surface area contributed by atoms with E-state index in [-0.39, 0.29) is 0 Å². The van der Waals surface area contributed by atoms with Crippen LogP contribution in [-0.2, 0) is 13.0 Å². The van der Waals surface area contributed by atoms with Crippen molar-refractivity contribution in [3.63, 3.8) is 0 Å². The van der Waals surface area contributed by atoms with Crippen molar-refractivity contribution < 1.29 is 0 Å². The molecule has 1 heterocycles. The molecule has 1 aromatic heterocycles. The molecule has 1 rings (SSSR count). The Balaban J connectivity index is 3.04. The fourth-order valence-electron chi connectivity index (χ4n) is 1.87. The van der Waals surface area contributed by atoms with E-state index in [4.69, 9.17) is 5.26 Å². The second kappa shape index (κ2) is 4.67. The predicted octanol–water partition coefficient (Wildman–Crippen LogP) is 1.56. The fraction of sp³-hybridized carbons (Fsp3) is 0.667. The quantitative estimate of drug-likeness (QED) is 0.838. The molecule has 4 nitrogen and oxygen atoms in total. The largest absolute Gasteiger partial charge is 0.301 e. The number of rotatable bonds is 4. The zero-order valence-corrected chi connectivity index (χ0v) is 10.8. The van der Waals surface area contributed by atoms with Crippen LogP contribution in [0.5, 0.6) is 0 Å². The minimum Gasteiger partial charge on any atom is -0.301 e. The van der Waals surface area contributed by atoms with Gasteiger partial charge in [-0.3, -0.25) is 4.68 Å². The van der Waals surface area contributed by atoms with Gasteiger partial charge in [0, 0.05) is 5.69 Å². The summed E-state index contributed by atoms with van der Waals surface area (Å²) in [7, 11) is 1.80. The summed E-state index contributed by atoms with van der Waals surface area (Å²) in [6, 6.07) is 2.28. The lowest BCUT2D eigenvalue weighted by Gasteiger charge is -2.21. The van der Waals surface area contributed by atoms with Gasteiger partial charge in [-0.2, -0.15) is 10.4 Å². The highest BCUT2D eigenvalue weighted by atomic mass is 15.3. The highest BCUT2D eigenvalue weighted by Gasteiger charge is 2.24. The van der Waals surface area contributed by atoms with Gasteiger partial charge in [-0.15, -0.1) is 0 Å². The van der Waals surface area contributed by atoms with Crippen molar-refractivity contribution in [3.05, 3.63) is 17.0 Å². The van der Waals surface area contributed by atoms with Crippen LogP contribution in [0.25, 0.3) is 0 Å². The molecule has 0 amide bonds. The van der Waals surface area contributed by atoms with Crippen LogP contribution in [0.4, 0.5) is 0 Å². The average molecular weight is 220 g/mol. The molecule has 1 unspecified atom stereocenters. The first-order valence-electron chi connectivity index (χ1n) is 5.60. The Bertz CT molecular complexity index is 413. The third kappa shape index (κ3) is 2.25. The van der Waals surface area contributed by atoms with Crippen LogP contribution in [0, 0.1) is 25.2 Å². The van der Waals surface area contributed by atoms with E-state index in [2.05, 4.69) is 30.3 Å². The lowest BCUT2D eigenvalue weighted by molar-refractivity contribution is 0.390. The third-order valence-corrected chi connectivity index (χ3v) is 3.15. The van der Waals surface area contributed by atoms with Gasteiger partial charge >= 0.3 is 0 Å². The molecule has 0 spiro atoms. The zero-order chi connectivity index (χ0) is 12.3. The van der Waals surface area contributed by atoms with Gasteiger partial charge in [0.25, 0.3) is 0 Å². The second-order valence-electron chi connectivity index (χ2n) is 4.35. The minimum absolute atomic E-state index is 0.561. The Kier molecular flexibility index (Phi) is 3.71. The van der Waals surface area contributed by atoms with E-state index in [9.17, 15) is 0 Å². The summed E-state index contributed by atoms with van der Waals surface area (Å²) < 4.78 is 1.92. The number of hydrogen-bond donors (Lipinski definition) is 1. The van der Waals surface area contributed by atoms with Crippen LogP contribution in [0.2, 0.25) is 0 Å². The molecule has 1 aromatic rings. The first-order valence-corrected chi connectivity index (χ1v) is 5.60. The Hall–Kier alpha value is -1.34. The standard InChI is InChI=1S/C12H20N4/c1-6-11-9(2)15-16(10(11)3)8-12(4,7-13)14-5/h14H,6,8H2,1-5H3. The van der Waals surface area contributed by atoms with E-state index < -0.39 is 5.54 Å². The summed E-state index contributed by atoms with van der Waals surface area (Å²) in [4.78, 5) is 0. The van der Waals surface area contributed by atoms with Crippen molar-refractivity contribution in [2.75, 3.05) is 7.05 Å². The maximum absolute atomic E-state index is 9.12. The van der Waals surface area contributed by atoms with Crippen LogP contribution in [-0.4, -0.2) is 22.4 Å². The van der Waals surface area contributed by atoms with Gasteiger partial charge in [-0.25, -0.2) is 0 Å². The molecule has 0 aromatic carbocycles. The zero-order valence-electron chi connectivity index (χ0n) is 10.8. The molecule has 1 N–H and O–H groups in total. The van der Waals surface area contributed by atoms with Crippen LogP contribution >= 0.6 is 0 Å². The molecular formula is C12H20N4. The van der Waals surface area contributed by atoms with Crippen molar-refractivity contribution in [3.8, 4) is 6.07 Å². The summed E-state index contributed by atoms with van der Waals surface area (Å²) in [5.74, 6) is 0. The number of likely N-dealkylation sites (N-methyl/N-ethyl adjacent to an activating group) is 1. The third-order valence-electron chi connectivity index (χ3n) is 3.15. The Morgan fingerprint density at radius 2 is 2.12 bits per heavy atom. The van der Waals surface area contributed by atoms with Gasteiger partial charge in [-0.1, -0.05) is 6.92 Å². The monoisotopic (exact) mass is 220 g/mol. The maximum atomic E-state index is 9.12.